The molecule has 192 valence electrons. The van der Waals surface area contributed by atoms with Crippen molar-refractivity contribution in [3.05, 3.63) is 72.2 Å². The van der Waals surface area contributed by atoms with Crippen molar-refractivity contribution in [1.82, 2.24) is 9.97 Å². The van der Waals surface area contributed by atoms with Gasteiger partial charge in [0.1, 0.15) is 17.6 Å². The number of nitrogens with one attached hydrogen (secondary N) is 1. The zero-order chi connectivity index (χ0) is 26.5. The number of benzene rings is 2. The monoisotopic (exact) mass is 511 g/mol. The Kier molecular flexibility index (Phi) is 7.63. The van der Waals surface area contributed by atoms with E-state index in [4.69, 9.17) is 18.9 Å². The number of aromatic nitrogens is 2. The van der Waals surface area contributed by atoms with Gasteiger partial charge in [-0.15, -0.1) is 0 Å². The van der Waals surface area contributed by atoms with E-state index in [1.165, 1.54) is 44.9 Å². The number of ether oxygens (including phenoxy) is 4. The fraction of sp³-hybridized carbons (Fsp3) is 0.192. The number of methoxy groups -OCH3 is 2. The number of halogens is 2. The zero-order valence-corrected chi connectivity index (χ0v) is 20.1. The lowest BCUT2D eigenvalue weighted by Crippen LogP contribution is -2.16. The third-order valence-electron chi connectivity index (χ3n) is 5.29. The number of nitrogens with zero attached hydrogens (tertiary/aromatic N) is 2. The van der Waals surface area contributed by atoms with Crippen LogP contribution in [-0.4, -0.2) is 47.9 Å². The van der Waals surface area contributed by atoms with Gasteiger partial charge in [0, 0.05) is 47.9 Å². The summed E-state index contributed by atoms with van der Waals surface area (Å²) in [5.41, 5.74) is 0.392. The van der Waals surface area contributed by atoms with Crippen LogP contribution in [0.1, 0.15) is 17.3 Å². The second-order valence-corrected chi connectivity index (χ2v) is 7.84. The predicted molar refractivity (Wildman–Crippen MR) is 131 cm³/mol. The number of rotatable bonds is 9. The number of carbonyl (C=O) groups excluding carboxylic acids is 1. The molecule has 4 aromatic rings. The van der Waals surface area contributed by atoms with E-state index >= 15 is 0 Å². The van der Waals surface area contributed by atoms with Crippen molar-refractivity contribution in [2.75, 3.05) is 26.1 Å². The van der Waals surface area contributed by atoms with Crippen LogP contribution in [0.25, 0.3) is 10.9 Å². The molecule has 2 aromatic heterocycles. The van der Waals surface area contributed by atoms with Crippen molar-refractivity contribution >= 4 is 22.5 Å². The molecule has 0 radical (unpaired) electrons. The number of aliphatic hydroxyl groups is 1. The lowest BCUT2D eigenvalue weighted by Gasteiger charge is -2.17. The molecule has 0 unspecified atom stereocenters. The van der Waals surface area contributed by atoms with Crippen molar-refractivity contribution in [3.8, 4) is 28.7 Å². The fourth-order valence-corrected chi connectivity index (χ4v) is 3.49. The summed E-state index contributed by atoms with van der Waals surface area (Å²) in [5, 5.41) is 12.1. The highest BCUT2D eigenvalue weighted by Gasteiger charge is 2.20. The van der Waals surface area contributed by atoms with E-state index in [2.05, 4.69) is 15.3 Å². The maximum Gasteiger partial charge on any atom is 0.261 e. The summed E-state index contributed by atoms with van der Waals surface area (Å²) in [6.07, 6.45) is 3.61. The van der Waals surface area contributed by atoms with Crippen LogP contribution in [0, 0.1) is 11.6 Å². The molecule has 0 aliphatic carbocycles. The number of anilines is 1. The second-order valence-electron chi connectivity index (χ2n) is 7.84. The first-order valence-corrected chi connectivity index (χ1v) is 11.0. The lowest BCUT2D eigenvalue weighted by molar-refractivity contribution is 0.102. The molecule has 11 heteroatoms. The Morgan fingerprint density at radius 2 is 1.70 bits per heavy atom. The quantitative estimate of drug-likeness (QED) is 0.332. The van der Waals surface area contributed by atoms with Crippen LogP contribution in [0.15, 0.2) is 55.0 Å². The van der Waals surface area contributed by atoms with Crippen molar-refractivity contribution in [2.24, 2.45) is 0 Å². The van der Waals surface area contributed by atoms with Gasteiger partial charge in [0.25, 0.3) is 5.91 Å². The van der Waals surface area contributed by atoms with Crippen molar-refractivity contribution in [3.63, 3.8) is 0 Å². The number of aliphatic hydroxyl groups excluding tert-OH is 1. The molecule has 37 heavy (non-hydrogen) atoms. The van der Waals surface area contributed by atoms with Gasteiger partial charge in [0.15, 0.2) is 28.9 Å². The van der Waals surface area contributed by atoms with Crippen molar-refractivity contribution in [1.29, 1.82) is 0 Å². The third-order valence-corrected chi connectivity index (χ3v) is 5.29. The van der Waals surface area contributed by atoms with Crippen LogP contribution in [0.3, 0.4) is 0 Å². The summed E-state index contributed by atoms with van der Waals surface area (Å²) in [6.45, 7) is 1.43. The van der Waals surface area contributed by atoms with Gasteiger partial charge in [-0.25, -0.2) is 8.78 Å². The first-order valence-electron chi connectivity index (χ1n) is 11.0. The molecule has 0 saturated carbocycles. The molecule has 0 bridgehead atoms. The number of fused-ring (bicyclic) bond motifs is 1. The summed E-state index contributed by atoms with van der Waals surface area (Å²) < 4.78 is 51.7. The summed E-state index contributed by atoms with van der Waals surface area (Å²) in [5.74, 6) is -2.41. The SMILES string of the molecule is COc1cc2nccc(Oc3c(F)cc(NC(=O)c4cnccc4OC)cc3F)c2cc1O[C@H](C)CO. The van der Waals surface area contributed by atoms with Gasteiger partial charge in [0.05, 0.1) is 31.9 Å². The maximum atomic E-state index is 15.0. The van der Waals surface area contributed by atoms with Gasteiger partial charge < -0.3 is 29.4 Å². The topological polar surface area (TPSA) is 112 Å². The highest BCUT2D eigenvalue weighted by Crippen LogP contribution is 2.39. The molecule has 9 nitrogen and oxygen atoms in total. The first kappa shape index (κ1) is 25.6. The average Bonchev–Trinajstić information content (AvgIpc) is 2.90. The second kappa shape index (κ2) is 11.0. The van der Waals surface area contributed by atoms with E-state index in [0.717, 1.165) is 12.1 Å². The number of amides is 1. The molecular formula is C26H23F2N3O6. The minimum atomic E-state index is -1.04. The molecule has 0 aliphatic heterocycles. The van der Waals surface area contributed by atoms with Crippen molar-refractivity contribution < 1.29 is 37.6 Å². The zero-order valence-electron chi connectivity index (χ0n) is 20.1. The van der Waals surface area contributed by atoms with Crippen LogP contribution in [-0.2, 0) is 0 Å². The Bertz CT molecular complexity index is 1430. The lowest BCUT2D eigenvalue weighted by atomic mass is 10.1. The van der Waals surface area contributed by atoms with Crippen LogP contribution in [0.4, 0.5) is 14.5 Å². The Labute approximate surface area is 210 Å². The number of pyridine rings is 2. The van der Waals surface area contributed by atoms with Gasteiger partial charge >= 0.3 is 0 Å². The molecule has 0 aliphatic rings. The molecule has 2 heterocycles. The Morgan fingerprint density at radius 3 is 2.38 bits per heavy atom. The van der Waals surface area contributed by atoms with Crippen LogP contribution < -0.4 is 24.3 Å². The molecular weight excluding hydrogens is 488 g/mol. The van der Waals surface area contributed by atoms with Crippen LogP contribution >= 0.6 is 0 Å². The number of hydrogen-bond acceptors (Lipinski definition) is 8. The Morgan fingerprint density at radius 1 is 1.00 bits per heavy atom. The van der Waals surface area contributed by atoms with Gasteiger partial charge in [-0.2, -0.15) is 0 Å². The standard InChI is InChI=1S/C26H23F2N3O6/c1-14(13-32)36-24-10-16-20(11-23(24)35-3)30-7-5-22(16)37-25-18(27)8-15(9-19(25)28)31-26(33)17-12-29-6-4-21(17)34-2/h4-12,14,32H,13H2,1-3H3,(H,31,33)/t14-/m1/s1. The van der Waals surface area contributed by atoms with E-state index in [0.29, 0.717) is 22.4 Å². The number of hydrogen-bond donors (Lipinski definition) is 2. The summed E-state index contributed by atoms with van der Waals surface area (Å²) >= 11 is 0. The molecule has 0 fully saturated rings. The minimum Gasteiger partial charge on any atom is -0.496 e. The van der Waals surface area contributed by atoms with Gasteiger partial charge in [-0.05, 0) is 25.1 Å². The smallest absolute Gasteiger partial charge is 0.261 e. The third kappa shape index (κ3) is 5.51. The fourth-order valence-electron chi connectivity index (χ4n) is 3.49. The van der Waals surface area contributed by atoms with Gasteiger partial charge in [0.2, 0.25) is 0 Å². The van der Waals surface area contributed by atoms with Gasteiger partial charge in [-0.3, -0.25) is 14.8 Å². The normalized spacial score (nSPS) is 11.6. The summed E-state index contributed by atoms with van der Waals surface area (Å²) in [4.78, 5) is 20.7. The average molecular weight is 511 g/mol. The molecule has 2 aromatic carbocycles. The molecule has 0 spiro atoms. The molecule has 0 saturated heterocycles. The van der Waals surface area contributed by atoms with E-state index in [1.54, 1.807) is 19.1 Å². The molecule has 2 N–H and O–H groups in total. The van der Waals surface area contributed by atoms with Crippen molar-refractivity contribution in [2.45, 2.75) is 13.0 Å². The summed E-state index contributed by atoms with van der Waals surface area (Å²) in [7, 11) is 2.84. The molecule has 1 atom stereocenters. The first-order chi connectivity index (χ1) is 17.8. The molecule has 4 rings (SSSR count). The Balaban J connectivity index is 1.65. The van der Waals surface area contributed by atoms with E-state index in [1.807, 2.05) is 0 Å². The minimum absolute atomic E-state index is 0.0957. The largest absolute Gasteiger partial charge is 0.496 e. The maximum absolute atomic E-state index is 15.0. The highest BCUT2D eigenvalue weighted by molar-refractivity contribution is 6.06. The van der Waals surface area contributed by atoms with Gasteiger partial charge in [-0.1, -0.05) is 0 Å². The highest BCUT2D eigenvalue weighted by atomic mass is 19.1. The van der Waals surface area contributed by atoms with Crippen LogP contribution in [0.5, 0.6) is 28.7 Å². The number of carbonyl (C=O) groups is 1. The Hall–Kier alpha value is -4.51. The van der Waals surface area contributed by atoms with E-state index < -0.39 is 29.4 Å². The molecule has 1 amide bonds. The van der Waals surface area contributed by atoms with E-state index in [9.17, 15) is 18.7 Å². The predicted octanol–water partition coefficient (Wildman–Crippen LogP) is 4.73. The van der Waals surface area contributed by atoms with Crippen LogP contribution in [0.2, 0.25) is 0 Å². The van der Waals surface area contributed by atoms with E-state index in [-0.39, 0.29) is 29.4 Å². The summed E-state index contributed by atoms with van der Waals surface area (Å²) in [6, 6.07) is 7.93.